The van der Waals surface area contributed by atoms with Gasteiger partial charge in [0.25, 0.3) is 0 Å². The Bertz CT molecular complexity index is 1560. The molecular formula is C33H27N. The minimum Gasteiger partial charge on any atom is -0.310 e. The molecule has 0 saturated heterocycles. The van der Waals surface area contributed by atoms with E-state index in [1.807, 2.05) is 0 Å². The summed E-state index contributed by atoms with van der Waals surface area (Å²) in [6.45, 7) is 4.54. The lowest BCUT2D eigenvalue weighted by Crippen LogP contribution is -2.10. The van der Waals surface area contributed by atoms with E-state index in [0.717, 1.165) is 11.4 Å². The van der Waals surface area contributed by atoms with Crippen molar-refractivity contribution >= 4 is 49.4 Å². The standard InChI is InChI=1S/C33H27N/c1-23(2)30-13-7-15-32-31(30)14-8-16-33(32)34(28-19-17-24-9-3-5-11-26(24)21-28)29-20-18-25-10-4-6-12-27(25)22-29/h3-23H,1-2H3. The fourth-order valence-electron chi connectivity index (χ4n) is 5.07. The first-order valence-corrected chi connectivity index (χ1v) is 12.0. The van der Waals surface area contributed by atoms with Crippen LogP contribution in [0.15, 0.2) is 121 Å². The molecular weight excluding hydrogens is 410 g/mol. The molecule has 0 N–H and O–H groups in total. The number of benzene rings is 6. The van der Waals surface area contributed by atoms with Crippen molar-refractivity contribution in [2.75, 3.05) is 4.90 Å². The van der Waals surface area contributed by atoms with E-state index >= 15 is 0 Å². The number of rotatable bonds is 4. The SMILES string of the molecule is CC(C)c1cccc2c(N(c3ccc4ccccc4c3)c3ccc4ccccc4c3)cccc12. The largest absolute Gasteiger partial charge is 0.310 e. The van der Waals surface area contributed by atoms with Crippen LogP contribution >= 0.6 is 0 Å². The summed E-state index contributed by atoms with van der Waals surface area (Å²) in [6, 6.07) is 44.1. The van der Waals surface area contributed by atoms with Crippen LogP contribution in [0.3, 0.4) is 0 Å². The van der Waals surface area contributed by atoms with E-state index in [2.05, 4.69) is 140 Å². The summed E-state index contributed by atoms with van der Waals surface area (Å²) < 4.78 is 0. The fourth-order valence-corrected chi connectivity index (χ4v) is 5.07. The Morgan fingerprint density at radius 3 is 1.59 bits per heavy atom. The van der Waals surface area contributed by atoms with Crippen LogP contribution in [0.5, 0.6) is 0 Å². The van der Waals surface area contributed by atoms with Crippen molar-refractivity contribution in [3.05, 3.63) is 127 Å². The minimum atomic E-state index is 0.466. The average Bonchev–Trinajstić information content (AvgIpc) is 2.88. The predicted molar refractivity (Wildman–Crippen MR) is 148 cm³/mol. The molecule has 6 rings (SSSR count). The molecule has 0 aliphatic rings. The second kappa shape index (κ2) is 8.35. The molecule has 0 spiro atoms. The van der Waals surface area contributed by atoms with Gasteiger partial charge in [0, 0.05) is 16.8 Å². The van der Waals surface area contributed by atoms with Crippen molar-refractivity contribution in [2.24, 2.45) is 0 Å². The molecule has 0 fully saturated rings. The number of hydrogen-bond acceptors (Lipinski definition) is 1. The summed E-state index contributed by atoms with van der Waals surface area (Å²) >= 11 is 0. The Balaban J connectivity index is 1.64. The number of nitrogens with zero attached hydrogens (tertiary/aromatic N) is 1. The van der Waals surface area contributed by atoms with Gasteiger partial charge >= 0.3 is 0 Å². The molecule has 1 heteroatoms. The first kappa shape index (κ1) is 20.5. The molecule has 0 saturated carbocycles. The molecule has 34 heavy (non-hydrogen) atoms. The Hall–Kier alpha value is -4.10. The van der Waals surface area contributed by atoms with Crippen LogP contribution in [0.25, 0.3) is 32.3 Å². The second-order valence-electron chi connectivity index (χ2n) is 9.27. The summed E-state index contributed by atoms with van der Waals surface area (Å²) in [7, 11) is 0. The highest BCUT2D eigenvalue weighted by Crippen LogP contribution is 2.41. The minimum absolute atomic E-state index is 0.466. The number of hydrogen-bond donors (Lipinski definition) is 0. The molecule has 6 aromatic carbocycles. The van der Waals surface area contributed by atoms with Crippen LogP contribution in [0, 0.1) is 0 Å². The lowest BCUT2D eigenvalue weighted by Gasteiger charge is -2.28. The van der Waals surface area contributed by atoms with Crippen LogP contribution in [-0.4, -0.2) is 0 Å². The molecule has 0 aliphatic heterocycles. The molecule has 0 unspecified atom stereocenters. The topological polar surface area (TPSA) is 3.24 Å². The Labute approximate surface area is 200 Å². The second-order valence-corrected chi connectivity index (χ2v) is 9.27. The van der Waals surface area contributed by atoms with Crippen molar-refractivity contribution < 1.29 is 0 Å². The summed E-state index contributed by atoms with van der Waals surface area (Å²) in [5, 5.41) is 7.59. The van der Waals surface area contributed by atoms with Gasteiger partial charge in [0.1, 0.15) is 0 Å². The molecule has 0 bridgehead atoms. The van der Waals surface area contributed by atoms with Crippen LogP contribution in [0.1, 0.15) is 25.3 Å². The third-order valence-electron chi connectivity index (χ3n) is 6.78. The maximum Gasteiger partial charge on any atom is 0.0540 e. The van der Waals surface area contributed by atoms with Crippen molar-refractivity contribution in [1.82, 2.24) is 0 Å². The quantitative estimate of drug-likeness (QED) is 0.265. The van der Waals surface area contributed by atoms with Gasteiger partial charge < -0.3 is 4.90 Å². The molecule has 6 aromatic rings. The third kappa shape index (κ3) is 3.50. The molecule has 0 aliphatic carbocycles. The average molecular weight is 438 g/mol. The van der Waals surface area contributed by atoms with Crippen molar-refractivity contribution in [1.29, 1.82) is 0 Å². The van der Waals surface area contributed by atoms with E-state index in [-0.39, 0.29) is 0 Å². The van der Waals surface area contributed by atoms with E-state index < -0.39 is 0 Å². The normalized spacial score (nSPS) is 11.5. The number of anilines is 3. The third-order valence-corrected chi connectivity index (χ3v) is 6.78. The van der Waals surface area contributed by atoms with Gasteiger partial charge in [0.05, 0.1) is 5.69 Å². The smallest absolute Gasteiger partial charge is 0.0540 e. The van der Waals surface area contributed by atoms with E-state index in [0.29, 0.717) is 5.92 Å². The van der Waals surface area contributed by atoms with Gasteiger partial charge in [-0.3, -0.25) is 0 Å². The van der Waals surface area contributed by atoms with Crippen LogP contribution in [0.2, 0.25) is 0 Å². The highest BCUT2D eigenvalue weighted by atomic mass is 15.1. The summed E-state index contributed by atoms with van der Waals surface area (Å²) in [5.74, 6) is 0.466. The van der Waals surface area contributed by atoms with Gasteiger partial charge in [0.2, 0.25) is 0 Å². The summed E-state index contributed by atoms with van der Waals surface area (Å²) in [4.78, 5) is 2.41. The predicted octanol–water partition coefficient (Wildman–Crippen LogP) is 9.74. The van der Waals surface area contributed by atoms with E-state index in [1.165, 1.54) is 43.6 Å². The van der Waals surface area contributed by atoms with Gasteiger partial charge in [-0.05, 0) is 68.7 Å². The molecule has 0 heterocycles. The van der Waals surface area contributed by atoms with Gasteiger partial charge in [-0.15, -0.1) is 0 Å². The summed E-state index contributed by atoms with van der Waals surface area (Å²) in [5.41, 5.74) is 4.91. The Morgan fingerprint density at radius 1 is 0.471 bits per heavy atom. The van der Waals surface area contributed by atoms with Crippen molar-refractivity contribution in [2.45, 2.75) is 19.8 Å². The first-order valence-electron chi connectivity index (χ1n) is 12.0. The van der Waals surface area contributed by atoms with Gasteiger partial charge in [-0.25, -0.2) is 0 Å². The molecule has 1 nitrogen and oxygen atoms in total. The van der Waals surface area contributed by atoms with Crippen molar-refractivity contribution in [3.8, 4) is 0 Å². The van der Waals surface area contributed by atoms with Crippen LogP contribution in [0.4, 0.5) is 17.1 Å². The van der Waals surface area contributed by atoms with Gasteiger partial charge in [0.15, 0.2) is 0 Å². The molecule has 0 radical (unpaired) electrons. The maximum absolute atomic E-state index is 2.41. The lowest BCUT2D eigenvalue weighted by atomic mass is 9.95. The first-order chi connectivity index (χ1) is 16.7. The molecule has 0 atom stereocenters. The van der Waals surface area contributed by atoms with E-state index in [1.54, 1.807) is 0 Å². The zero-order valence-electron chi connectivity index (χ0n) is 19.6. The van der Waals surface area contributed by atoms with E-state index in [9.17, 15) is 0 Å². The Morgan fingerprint density at radius 2 is 1.00 bits per heavy atom. The Kier molecular flexibility index (Phi) is 5.04. The maximum atomic E-state index is 2.41. The molecule has 0 amide bonds. The summed E-state index contributed by atoms with van der Waals surface area (Å²) in [6.07, 6.45) is 0. The zero-order valence-corrected chi connectivity index (χ0v) is 19.6. The lowest BCUT2D eigenvalue weighted by molar-refractivity contribution is 0.876. The van der Waals surface area contributed by atoms with Crippen molar-refractivity contribution in [3.63, 3.8) is 0 Å². The van der Waals surface area contributed by atoms with Gasteiger partial charge in [-0.2, -0.15) is 0 Å². The van der Waals surface area contributed by atoms with E-state index in [4.69, 9.17) is 0 Å². The monoisotopic (exact) mass is 437 g/mol. The zero-order chi connectivity index (χ0) is 23.1. The highest BCUT2D eigenvalue weighted by molar-refractivity contribution is 6.02. The van der Waals surface area contributed by atoms with Crippen LogP contribution in [-0.2, 0) is 0 Å². The number of fused-ring (bicyclic) bond motifs is 3. The van der Waals surface area contributed by atoms with Gasteiger partial charge in [-0.1, -0.05) is 105 Å². The van der Waals surface area contributed by atoms with Crippen LogP contribution < -0.4 is 4.90 Å². The highest BCUT2D eigenvalue weighted by Gasteiger charge is 2.17. The fraction of sp³-hybridized carbons (Fsp3) is 0.0909. The molecule has 164 valence electrons. The molecule has 0 aromatic heterocycles.